The van der Waals surface area contributed by atoms with Gasteiger partial charge in [0.25, 0.3) is 0 Å². The minimum absolute atomic E-state index is 0.0364. The van der Waals surface area contributed by atoms with E-state index in [1.165, 1.54) is 19.3 Å². The van der Waals surface area contributed by atoms with Crippen LogP contribution in [0.1, 0.15) is 47.0 Å². The normalized spacial score (nSPS) is 35.8. The Morgan fingerprint density at radius 2 is 1.94 bits per heavy atom. The number of hydrogen-bond donors (Lipinski definition) is 1. The maximum atomic E-state index is 12.4. The number of rotatable bonds is 2. The van der Waals surface area contributed by atoms with Gasteiger partial charge in [-0.1, -0.05) is 13.3 Å². The van der Waals surface area contributed by atoms with Crippen LogP contribution in [0.25, 0.3) is 0 Å². The maximum absolute atomic E-state index is 12.4. The van der Waals surface area contributed by atoms with Gasteiger partial charge in [-0.2, -0.15) is 0 Å². The van der Waals surface area contributed by atoms with Crippen LogP contribution in [0.2, 0.25) is 0 Å². The van der Waals surface area contributed by atoms with Gasteiger partial charge in [0, 0.05) is 6.54 Å². The first-order valence-electron chi connectivity index (χ1n) is 6.94. The molecule has 1 aliphatic carbocycles. The van der Waals surface area contributed by atoms with E-state index >= 15 is 0 Å². The fourth-order valence-electron chi connectivity index (χ4n) is 3.15. The van der Waals surface area contributed by atoms with Crippen molar-refractivity contribution in [2.24, 2.45) is 11.8 Å². The Hall–Kier alpha value is -1.06. The molecule has 2 rings (SSSR count). The average molecular weight is 252 g/mol. The van der Waals surface area contributed by atoms with E-state index in [0.717, 1.165) is 12.5 Å². The summed E-state index contributed by atoms with van der Waals surface area (Å²) in [6.45, 7) is 8.38. The van der Waals surface area contributed by atoms with E-state index in [9.17, 15) is 9.59 Å². The third-order valence-corrected chi connectivity index (χ3v) is 4.34. The van der Waals surface area contributed by atoms with E-state index in [2.05, 4.69) is 12.2 Å². The topological polar surface area (TPSA) is 49.4 Å². The summed E-state index contributed by atoms with van der Waals surface area (Å²) in [5.41, 5.74) is -0.756. The van der Waals surface area contributed by atoms with E-state index < -0.39 is 5.54 Å². The van der Waals surface area contributed by atoms with Crippen LogP contribution < -0.4 is 5.32 Å². The molecular formula is C14H24N2O2. The van der Waals surface area contributed by atoms with E-state index in [1.807, 2.05) is 6.92 Å². The smallest absolute Gasteiger partial charge is 0.248 e. The largest absolute Gasteiger partial charge is 0.340 e. The van der Waals surface area contributed by atoms with Crippen molar-refractivity contribution in [1.82, 2.24) is 10.2 Å². The molecule has 0 bridgehead atoms. The van der Waals surface area contributed by atoms with Gasteiger partial charge in [-0.25, -0.2) is 0 Å². The van der Waals surface area contributed by atoms with Crippen molar-refractivity contribution in [3.8, 4) is 0 Å². The maximum Gasteiger partial charge on any atom is 0.248 e. The minimum Gasteiger partial charge on any atom is -0.340 e. The van der Waals surface area contributed by atoms with E-state index in [4.69, 9.17) is 0 Å². The number of carbonyl (C=O) groups excluding carboxylic acids is 2. The van der Waals surface area contributed by atoms with Crippen LogP contribution in [0.15, 0.2) is 0 Å². The van der Waals surface area contributed by atoms with Crippen LogP contribution in [0, 0.1) is 11.8 Å². The summed E-state index contributed by atoms with van der Waals surface area (Å²) >= 11 is 0. The zero-order valence-corrected chi connectivity index (χ0v) is 11.8. The lowest BCUT2D eigenvalue weighted by molar-refractivity contribution is -0.153. The second-order valence-corrected chi connectivity index (χ2v) is 6.53. The van der Waals surface area contributed by atoms with Gasteiger partial charge in [0.1, 0.15) is 11.6 Å². The zero-order chi connectivity index (χ0) is 13.5. The van der Waals surface area contributed by atoms with Crippen LogP contribution in [-0.4, -0.2) is 34.8 Å². The Labute approximate surface area is 109 Å². The first-order chi connectivity index (χ1) is 8.31. The Morgan fingerprint density at radius 3 is 2.50 bits per heavy atom. The van der Waals surface area contributed by atoms with Gasteiger partial charge < -0.3 is 10.2 Å². The molecular weight excluding hydrogens is 228 g/mol. The highest BCUT2D eigenvalue weighted by atomic mass is 16.2. The lowest BCUT2D eigenvalue weighted by Crippen LogP contribution is -2.67. The highest BCUT2D eigenvalue weighted by molar-refractivity contribution is 5.99. The highest BCUT2D eigenvalue weighted by Gasteiger charge is 2.44. The van der Waals surface area contributed by atoms with Gasteiger partial charge in [0.2, 0.25) is 11.8 Å². The molecule has 0 aromatic rings. The Bertz CT molecular complexity index is 365. The van der Waals surface area contributed by atoms with Crippen molar-refractivity contribution < 1.29 is 9.59 Å². The molecule has 1 saturated carbocycles. The van der Waals surface area contributed by atoms with Crippen LogP contribution >= 0.6 is 0 Å². The summed E-state index contributed by atoms with van der Waals surface area (Å²) < 4.78 is 0. The van der Waals surface area contributed by atoms with E-state index in [0.29, 0.717) is 5.92 Å². The van der Waals surface area contributed by atoms with Crippen molar-refractivity contribution in [1.29, 1.82) is 0 Å². The summed E-state index contributed by atoms with van der Waals surface area (Å²) in [4.78, 5) is 26.1. The van der Waals surface area contributed by atoms with Gasteiger partial charge in [0.15, 0.2) is 0 Å². The van der Waals surface area contributed by atoms with Crippen LogP contribution in [-0.2, 0) is 9.59 Å². The van der Waals surface area contributed by atoms with Crippen molar-refractivity contribution >= 4 is 11.8 Å². The Kier molecular flexibility index (Phi) is 3.39. The standard InChI is InChI=1S/C14H24N2O2/c1-9-5-6-11(7-9)8-16-10(2)12(17)15-14(3,4)13(16)18/h9-11H,5-8H2,1-4H3,(H,15,17). The van der Waals surface area contributed by atoms with Gasteiger partial charge in [-0.3, -0.25) is 9.59 Å². The second-order valence-electron chi connectivity index (χ2n) is 6.53. The third-order valence-electron chi connectivity index (χ3n) is 4.34. The number of piperazine rings is 1. The average Bonchev–Trinajstić information content (AvgIpc) is 2.67. The molecule has 18 heavy (non-hydrogen) atoms. The highest BCUT2D eigenvalue weighted by Crippen LogP contribution is 2.32. The van der Waals surface area contributed by atoms with E-state index in [1.54, 1.807) is 18.7 Å². The summed E-state index contributed by atoms with van der Waals surface area (Å²) in [5.74, 6) is 1.33. The molecule has 0 aromatic carbocycles. The fraction of sp³-hybridized carbons (Fsp3) is 0.857. The lowest BCUT2D eigenvalue weighted by Gasteiger charge is -2.42. The molecule has 3 unspecified atom stereocenters. The summed E-state index contributed by atoms with van der Waals surface area (Å²) in [6.07, 6.45) is 3.61. The quantitative estimate of drug-likeness (QED) is 0.810. The van der Waals surface area contributed by atoms with Gasteiger partial charge in [-0.15, -0.1) is 0 Å². The molecule has 2 aliphatic rings. The van der Waals surface area contributed by atoms with Crippen LogP contribution in [0.4, 0.5) is 0 Å². The lowest BCUT2D eigenvalue weighted by atomic mass is 9.95. The number of carbonyl (C=O) groups is 2. The van der Waals surface area contributed by atoms with Crippen molar-refractivity contribution in [2.75, 3.05) is 6.54 Å². The third kappa shape index (κ3) is 2.38. The minimum atomic E-state index is -0.756. The predicted molar refractivity (Wildman–Crippen MR) is 69.9 cm³/mol. The van der Waals surface area contributed by atoms with Crippen molar-refractivity contribution in [3.05, 3.63) is 0 Å². The number of amides is 2. The number of hydrogen-bond acceptors (Lipinski definition) is 2. The molecule has 102 valence electrons. The van der Waals surface area contributed by atoms with Gasteiger partial charge >= 0.3 is 0 Å². The summed E-state index contributed by atoms with van der Waals surface area (Å²) in [6, 6.07) is -0.332. The molecule has 2 fully saturated rings. The molecule has 1 heterocycles. The molecule has 1 aliphatic heterocycles. The molecule has 1 saturated heterocycles. The molecule has 4 heteroatoms. The molecule has 0 aromatic heterocycles. The fourth-order valence-corrected chi connectivity index (χ4v) is 3.15. The summed E-state index contributed by atoms with van der Waals surface area (Å²) in [7, 11) is 0. The zero-order valence-electron chi connectivity index (χ0n) is 11.8. The molecule has 1 N–H and O–H groups in total. The SMILES string of the molecule is CC1CCC(CN2C(=O)C(C)(C)NC(=O)C2C)C1. The second kappa shape index (κ2) is 4.56. The number of nitrogens with zero attached hydrogens (tertiary/aromatic N) is 1. The summed E-state index contributed by atoms with van der Waals surface area (Å²) in [5, 5.41) is 2.79. The van der Waals surface area contributed by atoms with Crippen LogP contribution in [0.5, 0.6) is 0 Å². The van der Waals surface area contributed by atoms with Crippen LogP contribution in [0.3, 0.4) is 0 Å². The molecule has 4 nitrogen and oxygen atoms in total. The predicted octanol–water partition coefficient (Wildman–Crippen LogP) is 1.55. The van der Waals surface area contributed by atoms with Gasteiger partial charge in [-0.05, 0) is 45.4 Å². The number of nitrogens with one attached hydrogen (secondary N) is 1. The van der Waals surface area contributed by atoms with Gasteiger partial charge in [0.05, 0.1) is 0 Å². The first kappa shape index (κ1) is 13.4. The molecule has 0 spiro atoms. The first-order valence-corrected chi connectivity index (χ1v) is 6.94. The van der Waals surface area contributed by atoms with E-state index in [-0.39, 0.29) is 17.9 Å². The monoisotopic (exact) mass is 252 g/mol. The van der Waals surface area contributed by atoms with Crippen molar-refractivity contribution in [3.63, 3.8) is 0 Å². The van der Waals surface area contributed by atoms with Crippen molar-refractivity contribution in [2.45, 2.75) is 58.5 Å². The molecule has 0 radical (unpaired) electrons. The molecule has 3 atom stereocenters. The molecule has 2 amide bonds. The Balaban J connectivity index is 2.09. The Morgan fingerprint density at radius 1 is 1.28 bits per heavy atom.